The predicted octanol–water partition coefficient (Wildman–Crippen LogP) is 4.31. The Kier molecular flexibility index (Phi) is 5.43. The summed E-state index contributed by atoms with van der Waals surface area (Å²) < 4.78 is 5.23. The third-order valence-electron chi connectivity index (χ3n) is 5.93. The summed E-state index contributed by atoms with van der Waals surface area (Å²) in [5.74, 6) is -1.41. The molecule has 2 amide bonds. The van der Waals surface area contributed by atoms with Crippen LogP contribution in [-0.4, -0.2) is 30.0 Å². The van der Waals surface area contributed by atoms with Crippen LogP contribution in [-0.2, 0) is 14.4 Å². The van der Waals surface area contributed by atoms with E-state index in [-0.39, 0.29) is 5.69 Å². The minimum Gasteiger partial charge on any atom is -0.497 e. The number of halogens is 1. The second-order valence-corrected chi connectivity index (χ2v) is 8.30. The van der Waals surface area contributed by atoms with Crippen molar-refractivity contribution >= 4 is 40.5 Å². The molecule has 34 heavy (non-hydrogen) atoms. The molecule has 0 spiro atoms. The largest absolute Gasteiger partial charge is 0.497 e. The predicted molar refractivity (Wildman–Crippen MR) is 124 cm³/mol. The summed E-state index contributed by atoms with van der Waals surface area (Å²) in [6.45, 7) is 0. The number of rotatable bonds is 5. The molecule has 0 unspecified atom stereocenters. The molecule has 0 saturated carbocycles. The normalized spacial score (nSPS) is 21.6. The molecule has 10 heteroatoms. The van der Waals surface area contributed by atoms with Crippen LogP contribution in [0.3, 0.4) is 0 Å². The van der Waals surface area contributed by atoms with E-state index in [0.29, 0.717) is 27.7 Å². The summed E-state index contributed by atoms with van der Waals surface area (Å²) >= 11 is 6.02. The number of nitro benzene ring substituents is 1. The molecule has 0 bridgehead atoms. The number of nitro groups is 1. The molecule has 2 fully saturated rings. The van der Waals surface area contributed by atoms with Gasteiger partial charge in [0.2, 0.25) is 5.91 Å². The van der Waals surface area contributed by atoms with Crippen molar-refractivity contribution in [1.29, 1.82) is 0 Å². The molecule has 3 aromatic carbocycles. The lowest BCUT2D eigenvalue weighted by atomic mass is 9.90. The molecule has 3 aromatic rings. The lowest BCUT2D eigenvalue weighted by molar-refractivity contribution is -0.384. The van der Waals surface area contributed by atoms with E-state index in [0.717, 1.165) is 4.90 Å². The van der Waals surface area contributed by atoms with Crippen molar-refractivity contribution in [2.75, 3.05) is 17.1 Å². The topological polar surface area (TPSA) is 102 Å². The second kappa shape index (κ2) is 8.44. The first-order chi connectivity index (χ1) is 16.4. The number of hydrogen-bond donors (Lipinski definition) is 0. The van der Waals surface area contributed by atoms with Crippen molar-refractivity contribution in [2.45, 2.75) is 12.1 Å². The number of imide groups is 1. The molecule has 0 radical (unpaired) electrons. The van der Waals surface area contributed by atoms with E-state index >= 15 is 0 Å². The second-order valence-electron chi connectivity index (χ2n) is 7.86. The van der Waals surface area contributed by atoms with Crippen LogP contribution in [0.4, 0.5) is 17.1 Å². The van der Waals surface area contributed by atoms with Gasteiger partial charge in [-0.25, -0.2) is 9.96 Å². The molecular weight excluding hydrogens is 462 g/mol. The Labute approximate surface area is 199 Å². The van der Waals surface area contributed by atoms with Gasteiger partial charge in [-0.1, -0.05) is 29.8 Å². The maximum atomic E-state index is 13.6. The van der Waals surface area contributed by atoms with Gasteiger partial charge in [0, 0.05) is 23.2 Å². The molecule has 172 valence electrons. The zero-order chi connectivity index (χ0) is 24.0. The lowest BCUT2D eigenvalue weighted by Gasteiger charge is -2.28. The number of carbonyl (C=O) groups is 2. The van der Waals surface area contributed by atoms with Gasteiger partial charge in [-0.3, -0.25) is 24.5 Å². The quantitative estimate of drug-likeness (QED) is 0.305. The van der Waals surface area contributed by atoms with Crippen molar-refractivity contribution in [2.24, 2.45) is 5.92 Å². The highest BCUT2D eigenvalue weighted by Gasteiger charge is 2.60. The van der Waals surface area contributed by atoms with Crippen LogP contribution in [0, 0.1) is 16.0 Å². The van der Waals surface area contributed by atoms with Gasteiger partial charge in [0.15, 0.2) is 6.10 Å². The maximum absolute atomic E-state index is 13.6. The van der Waals surface area contributed by atoms with Crippen LogP contribution >= 0.6 is 11.6 Å². The van der Waals surface area contributed by atoms with Crippen LogP contribution in [0.25, 0.3) is 0 Å². The molecule has 3 atom stereocenters. The molecule has 9 nitrogen and oxygen atoms in total. The lowest BCUT2D eigenvalue weighted by Crippen LogP contribution is -2.37. The Morgan fingerprint density at radius 1 is 0.971 bits per heavy atom. The van der Waals surface area contributed by atoms with E-state index in [9.17, 15) is 19.7 Å². The van der Waals surface area contributed by atoms with Crippen molar-refractivity contribution in [1.82, 2.24) is 0 Å². The van der Waals surface area contributed by atoms with Gasteiger partial charge in [0.25, 0.3) is 11.6 Å². The summed E-state index contributed by atoms with van der Waals surface area (Å²) in [5, 5.41) is 13.4. The average Bonchev–Trinajstić information content (AvgIpc) is 3.35. The van der Waals surface area contributed by atoms with E-state index in [1.54, 1.807) is 60.7 Å². The van der Waals surface area contributed by atoms with Crippen LogP contribution in [0.1, 0.15) is 11.6 Å². The van der Waals surface area contributed by atoms with Gasteiger partial charge < -0.3 is 4.74 Å². The number of anilines is 2. The minimum absolute atomic E-state index is 0.126. The third-order valence-corrected chi connectivity index (χ3v) is 6.18. The van der Waals surface area contributed by atoms with Gasteiger partial charge in [-0.2, -0.15) is 0 Å². The van der Waals surface area contributed by atoms with Crippen molar-refractivity contribution < 1.29 is 24.1 Å². The number of benzene rings is 3. The van der Waals surface area contributed by atoms with Crippen molar-refractivity contribution in [3.8, 4) is 5.75 Å². The SMILES string of the molecule is COc1cccc(N2C(=O)[C@H]3[C@H](ON(c4ccc(Cl)cc4)[C@@H]3c3cccc([N+](=O)[O-])c3)C2=O)c1. The number of amides is 2. The fourth-order valence-corrected chi connectivity index (χ4v) is 4.52. The molecule has 2 aliphatic rings. The van der Waals surface area contributed by atoms with E-state index in [2.05, 4.69) is 0 Å². The zero-order valence-electron chi connectivity index (χ0n) is 17.8. The van der Waals surface area contributed by atoms with Gasteiger partial charge in [-0.05, 0) is 42.0 Å². The highest BCUT2D eigenvalue weighted by atomic mass is 35.5. The fraction of sp³-hybridized carbons (Fsp3) is 0.167. The molecular formula is C24H18ClN3O6. The molecule has 2 saturated heterocycles. The molecule has 5 rings (SSSR count). The molecule has 0 aliphatic carbocycles. The summed E-state index contributed by atoms with van der Waals surface area (Å²) in [7, 11) is 1.49. The zero-order valence-corrected chi connectivity index (χ0v) is 18.6. The number of fused-ring (bicyclic) bond motifs is 1. The number of ether oxygens (including phenoxy) is 1. The molecule has 0 aromatic heterocycles. The molecule has 0 N–H and O–H groups in total. The summed E-state index contributed by atoms with van der Waals surface area (Å²) in [4.78, 5) is 45.0. The van der Waals surface area contributed by atoms with Crippen LogP contribution < -0.4 is 14.7 Å². The fourth-order valence-electron chi connectivity index (χ4n) is 4.39. The van der Waals surface area contributed by atoms with Gasteiger partial charge >= 0.3 is 0 Å². The summed E-state index contributed by atoms with van der Waals surface area (Å²) in [5.41, 5.74) is 1.27. The van der Waals surface area contributed by atoms with Crippen molar-refractivity contribution in [3.63, 3.8) is 0 Å². The van der Waals surface area contributed by atoms with Crippen LogP contribution in [0.2, 0.25) is 5.02 Å². The number of non-ortho nitro benzene ring substituents is 1. The van der Waals surface area contributed by atoms with Crippen LogP contribution in [0.5, 0.6) is 5.75 Å². The Bertz CT molecular complexity index is 1300. The number of carbonyl (C=O) groups excluding carboxylic acids is 2. The number of methoxy groups -OCH3 is 1. The van der Waals surface area contributed by atoms with Crippen LogP contribution in [0.15, 0.2) is 72.8 Å². The average molecular weight is 480 g/mol. The van der Waals surface area contributed by atoms with E-state index in [1.807, 2.05) is 0 Å². The Morgan fingerprint density at radius 2 is 1.71 bits per heavy atom. The molecule has 2 heterocycles. The van der Waals surface area contributed by atoms with E-state index in [4.69, 9.17) is 21.2 Å². The van der Waals surface area contributed by atoms with E-state index < -0.39 is 34.8 Å². The first kappa shape index (κ1) is 21.9. The Hall–Kier alpha value is -3.95. The first-order valence-corrected chi connectivity index (χ1v) is 10.7. The maximum Gasteiger partial charge on any atom is 0.269 e. The Balaban J connectivity index is 1.60. The monoisotopic (exact) mass is 479 g/mol. The number of hydrogen-bond acceptors (Lipinski definition) is 7. The first-order valence-electron chi connectivity index (χ1n) is 10.4. The van der Waals surface area contributed by atoms with Gasteiger partial charge in [0.05, 0.1) is 29.4 Å². The number of hydroxylamine groups is 1. The third kappa shape index (κ3) is 3.55. The van der Waals surface area contributed by atoms with Crippen molar-refractivity contribution in [3.05, 3.63) is 93.5 Å². The Morgan fingerprint density at radius 3 is 2.41 bits per heavy atom. The minimum atomic E-state index is -1.10. The van der Waals surface area contributed by atoms with E-state index in [1.165, 1.54) is 24.3 Å². The number of nitrogens with zero attached hydrogens (tertiary/aromatic N) is 3. The summed E-state index contributed by atoms with van der Waals surface area (Å²) in [6, 6.07) is 18.5. The molecule has 2 aliphatic heterocycles. The standard InChI is InChI=1S/C24H18ClN3O6/c1-33-19-7-3-5-17(13-19)26-23(29)20-21(14-4-2-6-18(12-14)28(31)32)27(34-22(20)24(26)30)16-10-8-15(25)9-11-16/h2-13,20-22H,1H3/t20-,21-,22+/m1/s1. The van der Waals surface area contributed by atoms with Gasteiger partial charge in [-0.15, -0.1) is 0 Å². The highest BCUT2D eigenvalue weighted by Crippen LogP contribution is 2.48. The highest BCUT2D eigenvalue weighted by molar-refractivity contribution is 6.30. The van der Waals surface area contributed by atoms with Gasteiger partial charge in [0.1, 0.15) is 11.7 Å². The summed E-state index contributed by atoms with van der Waals surface area (Å²) in [6.07, 6.45) is -1.10. The smallest absolute Gasteiger partial charge is 0.269 e.